The number of carbonyl (C=O) groups is 1. The summed E-state index contributed by atoms with van der Waals surface area (Å²) in [5, 5.41) is 12.0. The maximum absolute atomic E-state index is 11.9. The molecule has 0 aliphatic heterocycles. The molecule has 1 aromatic rings. The molecule has 20 heavy (non-hydrogen) atoms. The summed E-state index contributed by atoms with van der Waals surface area (Å²) in [4.78, 5) is 14.0. The molecule has 1 atom stereocenters. The molecule has 0 saturated heterocycles. The van der Waals surface area contributed by atoms with Gasteiger partial charge in [0, 0.05) is 19.3 Å². The average molecular weight is 292 g/mol. The van der Waals surface area contributed by atoms with Crippen LogP contribution < -0.4 is 10.2 Å². The number of benzene rings is 1. The zero-order chi connectivity index (χ0) is 14.7. The van der Waals surface area contributed by atoms with Crippen molar-refractivity contribution in [3.8, 4) is 6.07 Å². The van der Waals surface area contributed by atoms with E-state index in [1.165, 1.54) is 12.8 Å². The minimum atomic E-state index is -0.260. The molecule has 1 aromatic carbocycles. The van der Waals surface area contributed by atoms with Crippen LogP contribution in [0, 0.1) is 17.2 Å². The third-order valence-electron chi connectivity index (χ3n) is 3.65. The van der Waals surface area contributed by atoms with Crippen LogP contribution in [0.2, 0.25) is 5.02 Å². The Kier molecular flexibility index (Phi) is 4.51. The fraction of sp³-hybridized carbons (Fsp3) is 0.467. The van der Waals surface area contributed by atoms with E-state index in [-0.39, 0.29) is 11.9 Å². The highest BCUT2D eigenvalue weighted by atomic mass is 35.5. The number of nitrogens with zero attached hydrogens (tertiary/aromatic N) is 2. The summed E-state index contributed by atoms with van der Waals surface area (Å²) in [6, 6.07) is 7.11. The van der Waals surface area contributed by atoms with Gasteiger partial charge in [-0.05, 0) is 43.9 Å². The lowest BCUT2D eigenvalue weighted by atomic mass is 10.1. The number of anilines is 1. The Bertz CT molecular complexity index is 549. The first kappa shape index (κ1) is 14.7. The molecule has 0 spiro atoms. The zero-order valence-corrected chi connectivity index (χ0v) is 12.4. The second-order valence-corrected chi connectivity index (χ2v) is 5.57. The first-order chi connectivity index (χ1) is 9.56. The highest BCUT2D eigenvalue weighted by Gasteiger charge is 2.29. The largest absolute Gasteiger partial charge is 0.359 e. The Morgan fingerprint density at radius 2 is 2.30 bits per heavy atom. The van der Waals surface area contributed by atoms with Crippen molar-refractivity contribution in [2.24, 2.45) is 5.92 Å². The summed E-state index contributed by atoms with van der Waals surface area (Å²) in [6.07, 6.45) is 2.42. The predicted molar refractivity (Wildman–Crippen MR) is 79.8 cm³/mol. The Hall–Kier alpha value is -1.73. The van der Waals surface area contributed by atoms with Gasteiger partial charge < -0.3 is 10.2 Å². The normalized spacial score (nSPS) is 15.3. The summed E-state index contributed by atoms with van der Waals surface area (Å²) in [7, 11) is 1.64. The highest BCUT2D eigenvalue weighted by Crippen LogP contribution is 2.33. The summed E-state index contributed by atoms with van der Waals surface area (Å²) in [5.41, 5.74) is 1.34. The monoisotopic (exact) mass is 291 g/mol. The van der Waals surface area contributed by atoms with E-state index in [1.807, 2.05) is 19.1 Å². The Morgan fingerprint density at radius 3 is 2.80 bits per heavy atom. The molecule has 1 aliphatic rings. The van der Waals surface area contributed by atoms with Gasteiger partial charge in [0.05, 0.1) is 10.6 Å². The summed E-state index contributed by atoms with van der Waals surface area (Å²) >= 11 is 6.09. The topological polar surface area (TPSA) is 56.1 Å². The van der Waals surface area contributed by atoms with Crippen LogP contribution in [-0.2, 0) is 4.79 Å². The number of hydrogen-bond donors (Lipinski definition) is 1. The third-order valence-corrected chi connectivity index (χ3v) is 3.96. The van der Waals surface area contributed by atoms with E-state index >= 15 is 0 Å². The van der Waals surface area contributed by atoms with Crippen LogP contribution in [0.5, 0.6) is 0 Å². The predicted octanol–water partition coefficient (Wildman–Crippen LogP) is 2.56. The van der Waals surface area contributed by atoms with E-state index in [4.69, 9.17) is 16.9 Å². The van der Waals surface area contributed by atoms with E-state index in [0.717, 1.165) is 12.2 Å². The number of nitrogens with one attached hydrogen (secondary N) is 1. The van der Waals surface area contributed by atoms with E-state index in [2.05, 4.69) is 10.2 Å². The van der Waals surface area contributed by atoms with E-state index in [0.29, 0.717) is 16.5 Å². The van der Waals surface area contributed by atoms with Gasteiger partial charge >= 0.3 is 0 Å². The second-order valence-electron chi connectivity index (χ2n) is 5.16. The van der Waals surface area contributed by atoms with E-state index in [9.17, 15) is 4.79 Å². The number of halogens is 1. The Labute approximate surface area is 124 Å². The molecule has 1 unspecified atom stereocenters. The maximum atomic E-state index is 11.9. The van der Waals surface area contributed by atoms with Crippen molar-refractivity contribution in [1.82, 2.24) is 5.32 Å². The van der Waals surface area contributed by atoms with Crippen LogP contribution in [-0.4, -0.2) is 25.5 Å². The van der Waals surface area contributed by atoms with Gasteiger partial charge in [0.2, 0.25) is 5.91 Å². The molecule has 106 valence electrons. The van der Waals surface area contributed by atoms with Crippen LogP contribution in [0.1, 0.15) is 25.3 Å². The van der Waals surface area contributed by atoms with E-state index < -0.39 is 0 Å². The summed E-state index contributed by atoms with van der Waals surface area (Å²) < 4.78 is 0. The lowest BCUT2D eigenvalue weighted by Gasteiger charge is -2.30. The lowest BCUT2D eigenvalue weighted by Crippen LogP contribution is -2.45. The number of rotatable bonds is 5. The first-order valence-corrected chi connectivity index (χ1v) is 7.12. The molecule has 0 heterocycles. The Balaban J connectivity index is 2.28. The fourth-order valence-corrected chi connectivity index (χ4v) is 2.41. The standard InChI is InChI=1S/C15H18ClN3O/c1-10(15(20)18-2)19(9-11-3-4-11)13-6-5-12(8-17)14(16)7-13/h5-7,10-11H,3-4,9H2,1-2H3,(H,18,20). The molecular weight excluding hydrogens is 274 g/mol. The summed E-state index contributed by atoms with van der Waals surface area (Å²) in [5.74, 6) is 0.627. The maximum Gasteiger partial charge on any atom is 0.242 e. The van der Waals surface area contributed by atoms with Crippen LogP contribution in [0.4, 0.5) is 5.69 Å². The zero-order valence-electron chi connectivity index (χ0n) is 11.7. The molecule has 1 fully saturated rings. The van der Waals surface area contributed by atoms with Crippen molar-refractivity contribution in [3.05, 3.63) is 28.8 Å². The molecule has 1 aliphatic carbocycles. The van der Waals surface area contributed by atoms with Crippen LogP contribution >= 0.6 is 11.6 Å². The van der Waals surface area contributed by atoms with Crippen LogP contribution in [0.15, 0.2) is 18.2 Å². The molecule has 1 amide bonds. The van der Waals surface area contributed by atoms with Crippen molar-refractivity contribution in [2.45, 2.75) is 25.8 Å². The molecule has 0 bridgehead atoms. The smallest absolute Gasteiger partial charge is 0.242 e. The van der Waals surface area contributed by atoms with Gasteiger partial charge in [0.1, 0.15) is 12.1 Å². The minimum Gasteiger partial charge on any atom is -0.359 e. The number of hydrogen-bond acceptors (Lipinski definition) is 3. The van der Waals surface area contributed by atoms with Gasteiger partial charge in [-0.1, -0.05) is 11.6 Å². The fourth-order valence-electron chi connectivity index (χ4n) is 2.19. The van der Waals surface area contributed by atoms with Gasteiger partial charge in [-0.3, -0.25) is 4.79 Å². The van der Waals surface area contributed by atoms with E-state index in [1.54, 1.807) is 19.2 Å². The Morgan fingerprint density at radius 1 is 1.60 bits per heavy atom. The lowest BCUT2D eigenvalue weighted by molar-refractivity contribution is -0.121. The van der Waals surface area contributed by atoms with Crippen molar-refractivity contribution >= 4 is 23.2 Å². The number of nitriles is 1. The molecule has 1 saturated carbocycles. The third kappa shape index (κ3) is 3.23. The first-order valence-electron chi connectivity index (χ1n) is 6.74. The van der Waals surface area contributed by atoms with Gasteiger partial charge in [-0.25, -0.2) is 0 Å². The van der Waals surface area contributed by atoms with Crippen molar-refractivity contribution in [1.29, 1.82) is 5.26 Å². The molecule has 0 aromatic heterocycles. The summed E-state index contributed by atoms with van der Waals surface area (Å²) in [6.45, 7) is 2.73. The minimum absolute atomic E-state index is 0.0221. The SMILES string of the molecule is CNC(=O)C(C)N(CC1CC1)c1ccc(C#N)c(Cl)c1. The molecular formula is C15H18ClN3O. The van der Waals surface area contributed by atoms with Crippen LogP contribution in [0.25, 0.3) is 0 Å². The quantitative estimate of drug-likeness (QED) is 0.907. The van der Waals surface area contributed by atoms with Crippen molar-refractivity contribution < 1.29 is 4.79 Å². The second kappa shape index (κ2) is 6.15. The molecule has 1 N–H and O–H groups in total. The average Bonchev–Trinajstić information content (AvgIpc) is 3.27. The van der Waals surface area contributed by atoms with Crippen molar-refractivity contribution in [2.75, 3.05) is 18.5 Å². The van der Waals surface area contributed by atoms with Crippen LogP contribution in [0.3, 0.4) is 0 Å². The highest BCUT2D eigenvalue weighted by molar-refractivity contribution is 6.32. The van der Waals surface area contributed by atoms with Gasteiger partial charge in [-0.2, -0.15) is 5.26 Å². The van der Waals surface area contributed by atoms with Gasteiger partial charge in [-0.15, -0.1) is 0 Å². The number of likely N-dealkylation sites (N-methyl/N-ethyl adjacent to an activating group) is 1. The molecule has 4 nitrogen and oxygen atoms in total. The van der Waals surface area contributed by atoms with Gasteiger partial charge in [0.25, 0.3) is 0 Å². The number of amides is 1. The van der Waals surface area contributed by atoms with Gasteiger partial charge in [0.15, 0.2) is 0 Å². The molecule has 2 rings (SSSR count). The number of carbonyl (C=O) groups excluding carboxylic acids is 1. The molecule has 5 heteroatoms. The molecule has 0 radical (unpaired) electrons. The van der Waals surface area contributed by atoms with Crippen molar-refractivity contribution in [3.63, 3.8) is 0 Å².